The average Bonchev–Trinajstić information content (AvgIpc) is 2.75. The number of methoxy groups -OCH3 is 1. The number of carboxylic acid groups (broad SMARTS) is 1. The fraction of sp³-hybridized carbons (Fsp3) is 0.818. The van der Waals surface area contributed by atoms with E-state index in [0.717, 1.165) is 12.8 Å². The Morgan fingerprint density at radius 3 is 2.47 bits per heavy atom. The minimum absolute atomic E-state index is 0.0992. The van der Waals surface area contributed by atoms with Gasteiger partial charge in [-0.1, -0.05) is 12.8 Å². The first-order valence-electron chi connectivity index (χ1n) is 5.81. The van der Waals surface area contributed by atoms with Crippen LogP contribution in [0, 0.1) is 0 Å². The summed E-state index contributed by atoms with van der Waals surface area (Å²) in [7, 11) is 1.48. The maximum Gasteiger partial charge on any atom is 0.329 e. The Kier molecular flexibility index (Phi) is 4.89. The highest BCUT2D eigenvalue weighted by atomic mass is 16.5. The number of amides is 1. The van der Waals surface area contributed by atoms with Crippen LogP contribution in [-0.4, -0.2) is 42.3 Å². The van der Waals surface area contributed by atoms with Crippen LogP contribution in [-0.2, 0) is 14.3 Å². The van der Waals surface area contributed by atoms with Crippen LogP contribution in [0.1, 0.15) is 32.1 Å². The van der Waals surface area contributed by atoms with Gasteiger partial charge in [0, 0.05) is 13.7 Å². The number of carbonyl (C=O) groups excluding carboxylic acids is 1. The third-order valence-corrected chi connectivity index (χ3v) is 3.25. The second-order valence-electron chi connectivity index (χ2n) is 4.44. The minimum atomic E-state index is -1.08. The molecule has 1 saturated carbocycles. The lowest BCUT2D eigenvalue weighted by molar-refractivity contribution is -0.147. The molecule has 0 aliphatic heterocycles. The Balaban J connectivity index is 2.56. The molecule has 4 N–H and O–H groups in total. The number of aliphatic carboxylic acids is 1. The van der Waals surface area contributed by atoms with E-state index in [-0.39, 0.29) is 25.0 Å². The number of carboxylic acids is 1. The molecular formula is C11H20N2O4. The lowest BCUT2D eigenvalue weighted by Crippen LogP contribution is -2.53. The first-order valence-corrected chi connectivity index (χ1v) is 5.81. The molecule has 1 aliphatic rings. The summed E-state index contributed by atoms with van der Waals surface area (Å²) in [6.07, 6.45) is 2.39. The van der Waals surface area contributed by atoms with Gasteiger partial charge in [0.1, 0.15) is 5.54 Å². The van der Waals surface area contributed by atoms with E-state index in [1.165, 1.54) is 7.11 Å². The Morgan fingerprint density at radius 1 is 1.47 bits per heavy atom. The molecule has 6 heteroatoms. The number of ether oxygens (including phenoxy) is 1. The van der Waals surface area contributed by atoms with Crippen LogP contribution in [0.4, 0.5) is 0 Å². The van der Waals surface area contributed by atoms with Gasteiger partial charge < -0.3 is 20.9 Å². The first-order chi connectivity index (χ1) is 8.04. The highest BCUT2D eigenvalue weighted by Gasteiger charge is 2.42. The topological polar surface area (TPSA) is 102 Å². The van der Waals surface area contributed by atoms with Gasteiger partial charge in [-0.25, -0.2) is 4.79 Å². The lowest BCUT2D eigenvalue weighted by atomic mass is 9.97. The number of hydrogen-bond acceptors (Lipinski definition) is 4. The van der Waals surface area contributed by atoms with Crippen molar-refractivity contribution in [2.75, 3.05) is 13.7 Å². The fourth-order valence-corrected chi connectivity index (χ4v) is 2.16. The van der Waals surface area contributed by atoms with Crippen LogP contribution >= 0.6 is 0 Å². The van der Waals surface area contributed by atoms with Gasteiger partial charge >= 0.3 is 5.97 Å². The molecule has 0 saturated heterocycles. The van der Waals surface area contributed by atoms with Crippen LogP contribution in [0.2, 0.25) is 0 Å². The first kappa shape index (κ1) is 13.9. The molecule has 6 nitrogen and oxygen atoms in total. The molecule has 0 spiro atoms. The summed E-state index contributed by atoms with van der Waals surface area (Å²) in [6, 6.07) is 0. The lowest BCUT2D eigenvalue weighted by Gasteiger charge is -2.26. The van der Waals surface area contributed by atoms with Gasteiger partial charge in [-0.3, -0.25) is 4.79 Å². The summed E-state index contributed by atoms with van der Waals surface area (Å²) in [5.41, 5.74) is 4.33. The zero-order chi connectivity index (χ0) is 12.9. The van der Waals surface area contributed by atoms with Crippen molar-refractivity contribution in [2.24, 2.45) is 5.73 Å². The van der Waals surface area contributed by atoms with Gasteiger partial charge in [-0.15, -0.1) is 0 Å². The van der Waals surface area contributed by atoms with E-state index < -0.39 is 11.5 Å². The molecule has 0 radical (unpaired) electrons. The van der Waals surface area contributed by atoms with Gasteiger partial charge in [-0.2, -0.15) is 0 Å². The van der Waals surface area contributed by atoms with Crippen molar-refractivity contribution < 1.29 is 19.4 Å². The zero-order valence-corrected chi connectivity index (χ0v) is 10.1. The van der Waals surface area contributed by atoms with Crippen LogP contribution < -0.4 is 11.1 Å². The van der Waals surface area contributed by atoms with Crippen molar-refractivity contribution >= 4 is 11.9 Å². The second-order valence-corrected chi connectivity index (χ2v) is 4.44. The van der Waals surface area contributed by atoms with Gasteiger partial charge in [0.2, 0.25) is 5.91 Å². The Labute approximate surface area is 101 Å². The summed E-state index contributed by atoms with van der Waals surface area (Å²) >= 11 is 0. The molecule has 0 aromatic heterocycles. The number of nitrogens with two attached hydrogens (primary N) is 1. The molecule has 0 aromatic carbocycles. The Morgan fingerprint density at radius 2 is 2.06 bits per heavy atom. The average molecular weight is 244 g/mol. The van der Waals surface area contributed by atoms with Crippen molar-refractivity contribution in [2.45, 2.75) is 43.7 Å². The fourth-order valence-electron chi connectivity index (χ4n) is 2.16. The van der Waals surface area contributed by atoms with E-state index in [0.29, 0.717) is 12.8 Å². The van der Waals surface area contributed by atoms with Crippen LogP contribution in [0.5, 0.6) is 0 Å². The number of nitrogens with one attached hydrogen (secondary N) is 1. The quantitative estimate of drug-likeness (QED) is 0.604. The SMILES string of the molecule is COC(CN)CC(=O)NC1(C(=O)O)CCCC1. The second kappa shape index (κ2) is 5.97. The molecule has 1 unspecified atom stereocenters. The monoisotopic (exact) mass is 244 g/mol. The molecule has 98 valence electrons. The van der Waals surface area contributed by atoms with E-state index >= 15 is 0 Å². The molecule has 1 rings (SSSR count). The highest BCUT2D eigenvalue weighted by Crippen LogP contribution is 2.30. The standard InChI is InChI=1S/C11H20N2O4/c1-17-8(7-12)6-9(14)13-11(10(15)16)4-2-3-5-11/h8H,2-7,12H2,1H3,(H,13,14)(H,15,16). The van der Waals surface area contributed by atoms with Crippen molar-refractivity contribution in [3.05, 3.63) is 0 Å². The van der Waals surface area contributed by atoms with Gasteiger partial charge in [0.25, 0.3) is 0 Å². The maximum absolute atomic E-state index is 11.7. The predicted octanol–water partition coefficient (Wildman–Crippen LogP) is -0.136. The van der Waals surface area contributed by atoms with Crippen molar-refractivity contribution in [1.29, 1.82) is 0 Å². The maximum atomic E-state index is 11.7. The van der Waals surface area contributed by atoms with E-state index in [1.54, 1.807) is 0 Å². The van der Waals surface area contributed by atoms with Gasteiger partial charge in [-0.05, 0) is 12.8 Å². The largest absolute Gasteiger partial charge is 0.480 e. The summed E-state index contributed by atoms with van der Waals surface area (Å²) in [5.74, 6) is -1.27. The smallest absolute Gasteiger partial charge is 0.329 e. The molecule has 1 amide bonds. The number of carbonyl (C=O) groups is 2. The Bertz CT molecular complexity index is 283. The summed E-state index contributed by atoms with van der Waals surface area (Å²) in [6.45, 7) is 0.240. The normalized spacial score (nSPS) is 19.9. The summed E-state index contributed by atoms with van der Waals surface area (Å²) in [5, 5.41) is 11.8. The van der Waals surface area contributed by atoms with Crippen LogP contribution in [0.3, 0.4) is 0 Å². The Hall–Kier alpha value is -1.14. The third-order valence-electron chi connectivity index (χ3n) is 3.25. The molecule has 1 fully saturated rings. The van der Waals surface area contributed by atoms with E-state index in [1.807, 2.05) is 0 Å². The molecule has 0 heterocycles. The van der Waals surface area contributed by atoms with Crippen LogP contribution in [0.25, 0.3) is 0 Å². The van der Waals surface area contributed by atoms with E-state index in [2.05, 4.69) is 5.32 Å². The zero-order valence-electron chi connectivity index (χ0n) is 10.1. The van der Waals surface area contributed by atoms with Crippen molar-refractivity contribution in [1.82, 2.24) is 5.32 Å². The molecule has 0 aromatic rings. The number of rotatable bonds is 6. The van der Waals surface area contributed by atoms with Crippen molar-refractivity contribution in [3.8, 4) is 0 Å². The van der Waals surface area contributed by atoms with Gasteiger partial charge in [0.15, 0.2) is 0 Å². The van der Waals surface area contributed by atoms with E-state index in [9.17, 15) is 14.7 Å². The summed E-state index contributed by atoms with van der Waals surface area (Å²) in [4.78, 5) is 22.9. The molecule has 1 atom stereocenters. The highest BCUT2D eigenvalue weighted by molar-refractivity contribution is 5.87. The summed E-state index contributed by atoms with van der Waals surface area (Å²) < 4.78 is 4.99. The van der Waals surface area contributed by atoms with E-state index in [4.69, 9.17) is 10.5 Å². The minimum Gasteiger partial charge on any atom is -0.480 e. The predicted molar refractivity (Wildman–Crippen MR) is 61.4 cm³/mol. The van der Waals surface area contributed by atoms with Gasteiger partial charge in [0.05, 0.1) is 12.5 Å². The molecule has 17 heavy (non-hydrogen) atoms. The van der Waals surface area contributed by atoms with Crippen molar-refractivity contribution in [3.63, 3.8) is 0 Å². The van der Waals surface area contributed by atoms with Crippen LogP contribution in [0.15, 0.2) is 0 Å². The third kappa shape index (κ3) is 3.41. The molecule has 1 aliphatic carbocycles. The number of hydrogen-bond donors (Lipinski definition) is 3. The molecule has 0 bridgehead atoms. The molecular weight excluding hydrogens is 224 g/mol.